The highest BCUT2D eigenvalue weighted by atomic mass is 35.5. The van der Waals surface area contributed by atoms with Crippen molar-refractivity contribution < 1.29 is 9.90 Å². The summed E-state index contributed by atoms with van der Waals surface area (Å²) >= 11 is 7.47. The minimum atomic E-state index is -0.280. The maximum Gasteiger partial charge on any atom is 0.319 e. The van der Waals surface area contributed by atoms with Crippen LogP contribution in [0.4, 0.5) is 10.5 Å². The van der Waals surface area contributed by atoms with Crippen LogP contribution in [0.1, 0.15) is 19.8 Å². The Morgan fingerprint density at radius 2 is 2.26 bits per heavy atom. The molecule has 0 aliphatic carbocycles. The van der Waals surface area contributed by atoms with Gasteiger partial charge in [-0.2, -0.15) is 0 Å². The molecular weight excluding hydrogens is 284 g/mol. The highest BCUT2D eigenvalue weighted by Crippen LogP contribution is 2.28. The van der Waals surface area contributed by atoms with Crippen molar-refractivity contribution in [1.29, 1.82) is 0 Å². The molecule has 106 valence electrons. The molecule has 0 fully saturated rings. The summed E-state index contributed by atoms with van der Waals surface area (Å²) in [5, 5.41) is 15.1. The van der Waals surface area contributed by atoms with E-state index in [1.807, 2.05) is 19.2 Å². The van der Waals surface area contributed by atoms with Gasteiger partial charge in [-0.25, -0.2) is 4.79 Å². The Labute approximate surface area is 122 Å². The number of hydrogen-bond acceptors (Lipinski definition) is 3. The first kappa shape index (κ1) is 16.1. The Bertz CT molecular complexity index is 429. The third kappa shape index (κ3) is 5.30. The number of aliphatic hydroxyl groups is 1. The van der Waals surface area contributed by atoms with E-state index in [0.717, 1.165) is 11.3 Å². The molecule has 0 aliphatic heterocycles. The number of carbonyl (C=O) groups is 1. The van der Waals surface area contributed by atoms with Gasteiger partial charge in [0, 0.05) is 22.6 Å². The van der Waals surface area contributed by atoms with E-state index in [2.05, 4.69) is 10.6 Å². The van der Waals surface area contributed by atoms with Gasteiger partial charge < -0.3 is 15.7 Å². The number of anilines is 1. The van der Waals surface area contributed by atoms with Crippen molar-refractivity contribution in [2.75, 3.05) is 18.2 Å². The number of nitrogens with one attached hydrogen (secondary N) is 2. The molecule has 0 spiro atoms. The average Bonchev–Trinajstić information content (AvgIpc) is 2.38. The summed E-state index contributed by atoms with van der Waals surface area (Å²) in [7, 11) is 0. The lowest BCUT2D eigenvalue weighted by Gasteiger charge is -2.17. The summed E-state index contributed by atoms with van der Waals surface area (Å²) in [4.78, 5) is 12.8. The smallest absolute Gasteiger partial charge is 0.319 e. The Hall–Kier alpha value is -0.910. The number of urea groups is 1. The van der Waals surface area contributed by atoms with E-state index in [9.17, 15) is 4.79 Å². The predicted octanol–water partition coefficient (Wildman–Crippen LogP) is 3.34. The van der Waals surface area contributed by atoms with Gasteiger partial charge in [-0.15, -0.1) is 11.8 Å². The molecule has 1 rings (SSSR count). The van der Waals surface area contributed by atoms with Crippen LogP contribution in [-0.2, 0) is 0 Å². The fourth-order valence-electron chi connectivity index (χ4n) is 1.66. The standard InChI is InChI=1S/C13H19ClN2O2S/c1-3-10(6-7-17)15-13(18)16-11-8-9(14)4-5-12(11)19-2/h4-5,8,10,17H,3,6-7H2,1-2H3,(H2,15,16,18). The van der Waals surface area contributed by atoms with Gasteiger partial charge in [0.15, 0.2) is 0 Å². The first-order valence-corrected chi connectivity index (χ1v) is 7.72. The van der Waals surface area contributed by atoms with Crippen molar-refractivity contribution >= 4 is 35.1 Å². The number of hydrogen-bond donors (Lipinski definition) is 3. The second-order valence-corrected chi connectivity index (χ2v) is 5.35. The third-order valence-electron chi connectivity index (χ3n) is 2.72. The van der Waals surface area contributed by atoms with Crippen LogP contribution < -0.4 is 10.6 Å². The Balaban J connectivity index is 2.68. The van der Waals surface area contributed by atoms with Crippen molar-refractivity contribution in [3.63, 3.8) is 0 Å². The Morgan fingerprint density at radius 3 is 2.84 bits per heavy atom. The minimum absolute atomic E-state index is 0.0260. The molecule has 0 radical (unpaired) electrons. The van der Waals surface area contributed by atoms with Crippen molar-refractivity contribution in [3.8, 4) is 0 Å². The second-order valence-electron chi connectivity index (χ2n) is 4.06. The molecule has 6 heteroatoms. The lowest BCUT2D eigenvalue weighted by atomic mass is 10.2. The van der Waals surface area contributed by atoms with E-state index in [1.54, 1.807) is 12.1 Å². The molecule has 3 N–H and O–H groups in total. The molecule has 1 atom stereocenters. The molecule has 4 nitrogen and oxygen atoms in total. The highest BCUT2D eigenvalue weighted by molar-refractivity contribution is 7.98. The topological polar surface area (TPSA) is 61.4 Å². The fraction of sp³-hybridized carbons (Fsp3) is 0.462. The van der Waals surface area contributed by atoms with Crippen LogP contribution in [0.25, 0.3) is 0 Å². The minimum Gasteiger partial charge on any atom is -0.396 e. The van der Waals surface area contributed by atoms with Crippen LogP contribution in [-0.4, -0.2) is 30.0 Å². The zero-order valence-corrected chi connectivity index (χ0v) is 12.6. The highest BCUT2D eigenvalue weighted by Gasteiger charge is 2.11. The van der Waals surface area contributed by atoms with Crippen LogP contribution in [0.15, 0.2) is 23.1 Å². The van der Waals surface area contributed by atoms with E-state index < -0.39 is 0 Å². The molecule has 0 saturated heterocycles. The molecule has 0 saturated carbocycles. The maximum absolute atomic E-state index is 11.9. The summed E-state index contributed by atoms with van der Waals surface area (Å²) in [6, 6.07) is 5.07. The number of carbonyl (C=O) groups excluding carboxylic acids is 1. The van der Waals surface area contributed by atoms with Gasteiger partial charge in [-0.3, -0.25) is 0 Å². The Kier molecular flexibility index (Phi) is 7.05. The van der Waals surface area contributed by atoms with Crippen molar-refractivity contribution in [3.05, 3.63) is 23.2 Å². The van der Waals surface area contributed by atoms with Gasteiger partial charge in [-0.1, -0.05) is 18.5 Å². The second kappa shape index (κ2) is 8.30. The zero-order valence-electron chi connectivity index (χ0n) is 11.1. The molecule has 19 heavy (non-hydrogen) atoms. The number of rotatable bonds is 6. The van der Waals surface area contributed by atoms with Crippen molar-refractivity contribution in [2.24, 2.45) is 0 Å². The number of benzene rings is 1. The van der Waals surface area contributed by atoms with Crippen molar-refractivity contribution in [2.45, 2.75) is 30.7 Å². The summed E-state index contributed by atoms with van der Waals surface area (Å²) in [6.07, 6.45) is 3.26. The number of aliphatic hydroxyl groups excluding tert-OH is 1. The molecular formula is C13H19ClN2O2S. The first-order valence-electron chi connectivity index (χ1n) is 6.12. The van der Waals surface area contributed by atoms with Gasteiger partial charge in [0.2, 0.25) is 0 Å². The fourth-order valence-corrected chi connectivity index (χ4v) is 2.36. The molecule has 1 aromatic carbocycles. The predicted molar refractivity (Wildman–Crippen MR) is 81.2 cm³/mol. The van der Waals surface area contributed by atoms with Crippen LogP contribution >= 0.6 is 23.4 Å². The average molecular weight is 303 g/mol. The van der Waals surface area contributed by atoms with E-state index in [-0.39, 0.29) is 18.7 Å². The molecule has 0 bridgehead atoms. The van der Waals surface area contributed by atoms with Gasteiger partial charge in [0.25, 0.3) is 0 Å². The summed E-state index contributed by atoms with van der Waals surface area (Å²) in [5.74, 6) is 0. The largest absolute Gasteiger partial charge is 0.396 e. The van der Waals surface area contributed by atoms with Gasteiger partial charge in [0.05, 0.1) is 5.69 Å². The molecule has 1 unspecified atom stereocenters. The van der Waals surface area contributed by atoms with Crippen LogP contribution in [0.2, 0.25) is 5.02 Å². The van der Waals surface area contributed by atoms with Gasteiger partial charge in [0.1, 0.15) is 0 Å². The lowest BCUT2D eigenvalue weighted by Crippen LogP contribution is -2.38. The SMILES string of the molecule is CCC(CCO)NC(=O)Nc1cc(Cl)ccc1SC. The maximum atomic E-state index is 11.9. The third-order valence-corrected chi connectivity index (χ3v) is 3.75. The van der Waals surface area contributed by atoms with E-state index in [0.29, 0.717) is 17.1 Å². The molecule has 1 aromatic rings. The monoisotopic (exact) mass is 302 g/mol. The lowest BCUT2D eigenvalue weighted by molar-refractivity contribution is 0.237. The van der Waals surface area contributed by atoms with Gasteiger partial charge in [-0.05, 0) is 37.3 Å². The van der Waals surface area contributed by atoms with Crippen LogP contribution in [0, 0.1) is 0 Å². The summed E-state index contributed by atoms with van der Waals surface area (Å²) in [6.45, 7) is 2.03. The Morgan fingerprint density at radius 1 is 1.53 bits per heavy atom. The van der Waals surface area contributed by atoms with Crippen molar-refractivity contribution in [1.82, 2.24) is 5.32 Å². The number of halogens is 1. The van der Waals surface area contributed by atoms with E-state index >= 15 is 0 Å². The number of amides is 2. The van der Waals surface area contributed by atoms with Crippen LogP contribution in [0.3, 0.4) is 0 Å². The number of thioether (sulfide) groups is 1. The quantitative estimate of drug-likeness (QED) is 0.706. The molecule has 0 aliphatic rings. The summed E-state index contributed by atoms with van der Waals surface area (Å²) in [5.41, 5.74) is 0.691. The molecule has 2 amide bonds. The normalized spacial score (nSPS) is 12.0. The zero-order chi connectivity index (χ0) is 14.3. The molecule has 0 aromatic heterocycles. The van der Waals surface area contributed by atoms with E-state index in [1.165, 1.54) is 11.8 Å². The van der Waals surface area contributed by atoms with E-state index in [4.69, 9.17) is 16.7 Å². The van der Waals surface area contributed by atoms with Gasteiger partial charge >= 0.3 is 6.03 Å². The summed E-state index contributed by atoms with van der Waals surface area (Å²) < 4.78 is 0. The van der Waals surface area contributed by atoms with Crippen LogP contribution in [0.5, 0.6) is 0 Å². The molecule has 0 heterocycles. The first-order chi connectivity index (χ1) is 9.10.